The SMILES string of the molecule is COc1ccc(CNC(C)c2nc(-c3ccccc3)cs2)cc1O. The predicted molar refractivity (Wildman–Crippen MR) is 97.5 cm³/mol. The summed E-state index contributed by atoms with van der Waals surface area (Å²) in [5.41, 5.74) is 3.14. The molecule has 1 atom stereocenters. The molecule has 0 radical (unpaired) electrons. The molecule has 0 aliphatic carbocycles. The number of hydrogen-bond donors (Lipinski definition) is 2. The number of aromatic hydroxyl groups is 1. The second kappa shape index (κ2) is 7.47. The molecule has 0 saturated heterocycles. The fourth-order valence-electron chi connectivity index (χ4n) is 2.43. The van der Waals surface area contributed by atoms with Gasteiger partial charge in [0.15, 0.2) is 11.5 Å². The molecule has 0 saturated carbocycles. The molecule has 0 aliphatic heterocycles. The molecule has 5 heteroatoms. The summed E-state index contributed by atoms with van der Waals surface area (Å²) in [7, 11) is 1.54. The predicted octanol–water partition coefficient (Wildman–Crippen LogP) is 4.38. The van der Waals surface area contributed by atoms with Crippen LogP contribution in [0.25, 0.3) is 11.3 Å². The smallest absolute Gasteiger partial charge is 0.160 e. The molecule has 4 nitrogen and oxygen atoms in total. The first-order chi connectivity index (χ1) is 11.7. The van der Waals surface area contributed by atoms with Crippen molar-refractivity contribution in [2.45, 2.75) is 19.5 Å². The molecule has 3 aromatic rings. The maximum atomic E-state index is 9.84. The van der Waals surface area contributed by atoms with Crippen LogP contribution < -0.4 is 10.1 Å². The van der Waals surface area contributed by atoms with Gasteiger partial charge in [0.2, 0.25) is 0 Å². The first-order valence-corrected chi connectivity index (χ1v) is 8.65. The monoisotopic (exact) mass is 340 g/mol. The Hall–Kier alpha value is -2.37. The highest BCUT2D eigenvalue weighted by Crippen LogP contribution is 2.27. The van der Waals surface area contributed by atoms with Gasteiger partial charge in [-0.2, -0.15) is 0 Å². The topological polar surface area (TPSA) is 54.4 Å². The zero-order valence-electron chi connectivity index (χ0n) is 13.7. The maximum Gasteiger partial charge on any atom is 0.160 e. The molecule has 2 aromatic carbocycles. The third kappa shape index (κ3) is 3.75. The van der Waals surface area contributed by atoms with Gasteiger partial charge in [-0.1, -0.05) is 36.4 Å². The fraction of sp³-hybridized carbons (Fsp3) is 0.211. The summed E-state index contributed by atoms with van der Waals surface area (Å²) in [6.45, 7) is 2.75. The van der Waals surface area contributed by atoms with Gasteiger partial charge in [0.25, 0.3) is 0 Å². The highest BCUT2D eigenvalue weighted by atomic mass is 32.1. The van der Waals surface area contributed by atoms with Gasteiger partial charge >= 0.3 is 0 Å². The molecule has 24 heavy (non-hydrogen) atoms. The molecule has 1 heterocycles. The van der Waals surface area contributed by atoms with Crippen molar-refractivity contribution in [2.75, 3.05) is 7.11 Å². The fourth-order valence-corrected chi connectivity index (χ4v) is 3.29. The standard InChI is InChI=1S/C19H20N2O2S/c1-13(20-11-14-8-9-18(23-2)17(22)10-14)19-21-16(12-24-19)15-6-4-3-5-7-15/h3-10,12-13,20,22H,11H2,1-2H3. The minimum Gasteiger partial charge on any atom is -0.504 e. The summed E-state index contributed by atoms with van der Waals surface area (Å²) in [6, 6.07) is 15.7. The van der Waals surface area contributed by atoms with Gasteiger partial charge in [0.1, 0.15) is 5.01 Å². The summed E-state index contributed by atoms with van der Waals surface area (Å²) >= 11 is 1.65. The summed E-state index contributed by atoms with van der Waals surface area (Å²) in [5, 5.41) is 16.4. The molecule has 1 aromatic heterocycles. The molecule has 0 bridgehead atoms. The number of aromatic nitrogens is 1. The third-order valence-corrected chi connectivity index (χ3v) is 4.85. The molecule has 0 aliphatic rings. The molecular weight excluding hydrogens is 320 g/mol. The first kappa shape index (κ1) is 16.5. The van der Waals surface area contributed by atoms with Crippen molar-refractivity contribution >= 4 is 11.3 Å². The van der Waals surface area contributed by atoms with E-state index in [9.17, 15) is 5.11 Å². The second-order valence-electron chi connectivity index (χ2n) is 5.55. The van der Waals surface area contributed by atoms with E-state index in [1.54, 1.807) is 30.6 Å². The van der Waals surface area contributed by atoms with Crippen LogP contribution in [0.5, 0.6) is 11.5 Å². The Kier molecular flexibility index (Phi) is 5.13. The van der Waals surface area contributed by atoms with Crippen molar-refractivity contribution in [2.24, 2.45) is 0 Å². The lowest BCUT2D eigenvalue weighted by Crippen LogP contribution is -2.17. The van der Waals surface area contributed by atoms with Crippen molar-refractivity contribution in [1.82, 2.24) is 10.3 Å². The van der Waals surface area contributed by atoms with Crippen molar-refractivity contribution in [3.05, 3.63) is 64.5 Å². The van der Waals surface area contributed by atoms with Crippen molar-refractivity contribution < 1.29 is 9.84 Å². The Morgan fingerprint density at radius 1 is 1.21 bits per heavy atom. The largest absolute Gasteiger partial charge is 0.504 e. The van der Waals surface area contributed by atoms with Gasteiger partial charge in [0.05, 0.1) is 18.8 Å². The lowest BCUT2D eigenvalue weighted by Gasteiger charge is -2.12. The zero-order chi connectivity index (χ0) is 16.9. The average molecular weight is 340 g/mol. The Morgan fingerprint density at radius 2 is 2.00 bits per heavy atom. The number of phenolic OH excluding ortho intramolecular Hbond substituents is 1. The molecule has 2 N–H and O–H groups in total. The molecule has 0 amide bonds. The van der Waals surface area contributed by atoms with Crippen LogP contribution >= 0.6 is 11.3 Å². The highest BCUT2D eigenvalue weighted by Gasteiger charge is 2.11. The number of hydrogen-bond acceptors (Lipinski definition) is 5. The number of methoxy groups -OCH3 is 1. The maximum absolute atomic E-state index is 9.84. The minimum atomic E-state index is 0.136. The Balaban J connectivity index is 1.64. The van der Waals surface area contributed by atoms with Gasteiger partial charge in [-0.25, -0.2) is 4.98 Å². The number of nitrogens with one attached hydrogen (secondary N) is 1. The van der Waals surface area contributed by atoms with E-state index in [1.165, 1.54) is 0 Å². The average Bonchev–Trinajstić information content (AvgIpc) is 3.11. The third-order valence-electron chi connectivity index (χ3n) is 3.82. The van der Waals surface area contributed by atoms with Gasteiger partial charge in [0, 0.05) is 17.5 Å². The quantitative estimate of drug-likeness (QED) is 0.699. The summed E-state index contributed by atoms with van der Waals surface area (Å²) in [4.78, 5) is 4.72. The number of phenols is 1. The normalized spacial score (nSPS) is 12.1. The Labute approximate surface area is 145 Å². The van der Waals surface area contributed by atoms with E-state index < -0.39 is 0 Å². The molecule has 0 spiro atoms. The lowest BCUT2D eigenvalue weighted by atomic mass is 10.2. The number of thiazole rings is 1. The van der Waals surface area contributed by atoms with Crippen molar-refractivity contribution in [3.8, 4) is 22.8 Å². The molecular formula is C19H20N2O2S. The van der Waals surface area contributed by atoms with E-state index in [0.29, 0.717) is 12.3 Å². The van der Waals surface area contributed by atoms with Crippen LogP contribution in [-0.2, 0) is 6.54 Å². The molecule has 0 fully saturated rings. The minimum absolute atomic E-state index is 0.136. The van der Waals surface area contributed by atoms with Crippen LogP contribution in [0.4, 0.5) is 0 Å². The van der Waals surface area contributed by atoms with Crippen LogP contribution in [0.15, 0.2) is 53.9 Å². The van der Waals surface area contributed by atoms with Gasteiger partial charge in [-0.3, -0.25) is 0 Å². The van der Waals surface area contributed by atoms with E-state index in [1.807, 2.05) is 24.3 Å². The summed E-state index contributed by atoms with van der Waals surface area (Å²) in [5.74, 6) is 0.643. The summed E-state index contributed by atoms with van der Waals surface area (Å²) < 4.78 is 5.06. The van der Waals surface area contributed by atoms with E-state index in [-0.39, 0.29) is 11.8 Å². The van der Waals surface area contributed by atoms with Crippen LogP contribution in [0.1, 0.15) is 23.5 Å². The van der Waals surface area contributed by atoms with Gasteiger partial charge in [-0.05, 0) is 24.6 Å². The van der Waals surface area contributed by atoms with Crippen molar-refractivity contribution in [3.63, 3.8) is 0 Å². The van der Waals surface area contributed by atoms with Crippen LogP contribution in [0.3, 0.4) is 0 Å². The van der Waals surface area contributed by atoms with Gasteiger partial charge < -0.3 is 15.2 Å². The van der Waals surface area contributed by atoms with E-state index in [2.05, 4.69) is 29.8 Å². The zero-order valence-corrected chi connectivity index (χ0v) is 14.5. The Morgan fingerprint density at radius 3 is 2.71 bits per heavy atom. The van der Waals surface area contributed by atoms with Gasteiger partial charge in [-0.15, -0.1) is 11.3 Å². The van der Waals surface area contributed by atoms with Crippen LogP contribution in [-0.4, -0.2) is 17.2 Å². The number of benzene rings is 2. The van der Waals surface area contributed by atoms with Crippen LogP contribution in [0.2, 0.25) is 0 Å². The number of ether oxygens (including phenoxy) is 1. The van der Waals surface area contributed by atoms with E-state index in [4.69, 9.17) is 9.72 Å². The second-order valence-corrected chi connectivity index (χ2v) is 6.44. The summed E-state index contributed by atoms with van der Waals surface area (Å²) in [6.07, 6.45) is 0. The van der Waals surface area contributed by atoms with E-state index in [0.717, 1.165) is 21.8 Å². The molecule has 3 rings (SSSR count). The molecule has 124 valence electrons. The first-order valence-electron chi connectivity index (χ1n) is 7.77. The number of nitrogens with zero attached hydrogens (tertiary/aromatic N) is 1. The van der Waals surface area contributed by atoms with Crippen molar-refractivity contribution in [1.29, 1.82) is 0 Å². The highest BCUT2D eigenvalue weighted by molar-refractivity contribution is 7.10. The number of rotatable bonds is 6. The van der Waals surface area contributed by atoms with Crippen LogP contribution in [0, 0.1) is 0 Å². The lowest BCUT2D eigenvalue weighted by molar-refractivity contribution is 0.373. The molecule has 1 unspecified atom stereocenters. The Bertz CT molecular complexity index is 802. The van der Waals surface area contributed by atoms with E-state index >= 15 is 0 Å².